The monoisotopic (exact) mass is 251 g/mol. The van der Waals surface area contributed by atoms with E-state index < -0.39 is 0 Å². The zero-order valence-corrected chi connectivity index (χ0v) is 12.0. The minimum Gasteiger partial charge on any atom is -0.337 e. The Hall–Kier alpha value is -1.76. The van der Waals surface area contributed by atoms with Gasteiger partial charge in [-0.2, -0.15) is 0 Å². The van der Waals surface area contributed by atoms with E-state index in [1.807, 2.05) is 0 Å². The minimum absolute atomic E-state index is 1.16. The van der Waals surface area contributed by atoms with Crippen molar-refractivity contribution in [2.45, 2.75) is 33.6 Å². The summed E-state index contributed by atoms with van der Waals surface area (Å²) >= 11 is 0. The van der Waals surface area contributed by atoms with Crippen LogP contribution in [0.25, 0.3) is 11.1 Å². The number of fused-ring (bicyclic) bond motifs is 1. The van der Waals surface area contributed by atoms with Crippen molar-refractivity contribution in [1.82, 2.24) is 0 Å². The van der Waals surface area contributed by atoms with Gasteiger partial charge in [-0.3, -0.25) is 0 Å². The number of benzene rings is 2. The number of anilines is 2. The predicted molar refractivity (Wildman–Crippen MR) is 83.3 cm³/mol. The second kappa shape index (κ2) is 4.73. The highest BCUT2D eigenvalue weighted by atomic mass is 15.3. The van der Waals surface area contributed by atoms with Crippen LogP contribution in [0.1, 0.15) is 30.9 Å². The van der Waals surface area contributed by atoms with Gasteiger partial charge in [-0.05, 0) is 43.0 Å². The molecular formula is C18H21N. The standard InChI is InChI=1S/C18H21N/c1-4-5-11-19-17-14(3)13(2)12-16(18(17)19)15-9-7-6-8-10-15/h6-10,12H,4-5,11H2,1-3H3. The van der Waals surface area contributed by atoms with Gasteiger partial charge in [0.05, 0.1) is 11.4 Å². The molecule has 0 atom stereocenters. The molecule has 19 heavy (non-hydrogen) atoms. The molecule has 1 heteroatoms. The third-order valence-electron chi connectivity index (χ3n) is 4.10. The molecule has 0 fully saturated rings. The molecule has 98 valence electrons. The van der Waals surface area contributed by atoms with E-state index >= 15 is 0 Å². The van der Waals surface area contributed by atoms with Crippen molar-refractivity contribution in [3.8, 4) is 11.1 Å². The van der Waals surface area contributed by atoms with E-state index in [-0.39, 0.29) is 0 Å². The molecule has 0 aliphatic carbocycles. The summed E-state index contributed by atoms with van der Waals surface area (Å²) in [6, 6.07) is 13.1. The van der Waals surface area contributed by atoms with Crippen LogP contribution in [0.15, 0.2) is 36.4 Å². The zero-order chi connectivity index (χ0) is 13.4. The van der Waals surface area contributed by atoms with Crippen LogP contribution in [0, 0.1) is 13.8 Å². The van der Waals surface area contributed by atoms with Crippen molar-refractivity contribution in [3.63, 3.8) is 0 Å². The highest BCUT2D eigenvalue weighted by molar-refractivity contribution is 6.06. The lowest BCUT2D eigenvalue weighted by atomic mass is 10.0. The third-order valence-corrected chi connectivity index (χ3v) is 4.10. The van der Waals surface area contributed by atoms with Crippen LogP contribution in [0.3, 0.4) is 0 Å². The number of aryl methyl sites for hydroxylation is 1. The Labute approximate surface area is 115 Å². The van der Waals surface area contributed by atoms with Gasteiger partial charge in [0.1, 0.15) is 0 Å². The lowest BCUT2D eigenvalue weighted by molar-refractivity contribution is 0.809. The zero-order valence-electron chi connectivity index (χ0n) is 12.0. The average molecular weight is 251 g/mol. The average Bonchev–Trinajstić information content (AvgIpc) is 3.16. The maximum atomic E-state index is 2.49. The summed E-state index contributed by atoms with van der Waals surface area (Å²) < 4.78 is 0. The molecule has 0 saturated carbocycles. The summed E-state index contributed by atoms with van der Waals surface area (Å²) in [7, 11) is 0. The lowest BCUT2D eigenvalue weighted by Gasteiger charge is -2.03. The van der Waals surface area contributed by atoms with E-state index in [2.05, 4.69) is 62.1 Å². The molecule has 0 aromatic heterocycles. The molecule has 0 spiro atoms. The fourth-order valence-corrected chi connectivity index (χ4v) is 2.81. The molecule has 1 aliphatic rings. The molecule has 1 aliphatic heterocycles. The van der Waals surface area contributed by atoms with Crippen LogP contribution in [0.2, 0.25) is 0 Å². The van der Waals surface area contributed by atoms with Gasteiger partial charge in [-0.25, -0.2) is 0 Å². The number of rotatable bonds is 4. The van der Waals surface area contributed by atoms with Crippen LogP contribution >= 0.6 is 0 Å². The Balaban J connectivity index is 2.03. The fourth-order valence-electron chi connectivity index (χ4n) is 2.81. The SMILES string of the molecule is CCCCN1c2c(-c3ccccc3)cc(C)c(C)c21. The van der Waals surface area contributed by atoms with E-state index in [1.165, 1.54) is 46.5 Å². The Kier molecular flexibility index (Phi) is 3.06. The van der Waals surface area contributed by atoms with Gasteiger partial charge >= 0.3 is 0 Å². The summed E-state index contributed by atoms with van der Waals surface area (Å²) in [5.74, 6) is 0. The summed E-state index contributed by atoms with van der Waals surface area (Å²) in [6.45, 7) is 7.88. The fraction of sp³-hybridized carbons (Fsp3) is 0.333. The van der Waals surface area contributed by atoms with Crippen LogP contribution < -0.4 is 4.90 Å². The second-order valence-electron chi connectivity index (χ2n) is 5.43. The number of unbranched alkanes of at least 4 members (excludes halogenated alkanes) is 1. The molecule has 0 saturated heterocycles. The normalized spacial score (nSPS) is 12.5. The van der Waals surface area contributed by atoms with Crippen molar-refractivity contribution in [2.75, 3.05) is 11.4 Å². The van der Waals surface area contributed by atoms with Gasteiger partial charge in [0.25, 0.3) is 0 Å². The van der Waals surface area contributed by atoms with Crippen LogP contribution in [0.5, 0.6) is 0 Å². The first-order valence-corrected chi connectivity index (χ1v) is 7.21. The molecule has 3 rings (SSSR count). The third kappa shape index (κ3) is 2.03. The number of hydrogen-bond donors (Lipinski definition) is 0. The quantitative estimate of drug-likeness (QED) is 0.673. The maximum Gasteiger partial charge on any atom is 0.0735 e. The molecule has 1 heterocycles. The summed E-state index contributed by atoms with van der Waals surface area (Å²) in [6.07, 6.45) is 2.52. The number of hydrogen-bond acceptors (Lipinski definition) is 1. The second-order valence-corrected chi connectivity index (χ2v) is 5.43. The molecule has 0 radical (unpaired) electrons. The molecule has 0 bridgehead atoms. The molecule has 0 unspecified atom stereocenters. The molecule has 2 aromatic rings. The van der Waals surface area contributed by atoms with E-state index in [0.29, 0.717) is 0 Å². The topological polar surface area (TPSA) is 3.01 Å². The highest BCUT2D eigenvalue weighted by Crippen LogP contribution is 2.56. The van der Waals surface area contributed by atoms with Gasteiger partial charge in [0.2, 0.25) is 0 Å². The maximum absolute atomic E-state index is 2.49. The van der Waals surface area contributed by atoms with Crippen molar-refractivity contribution in [1.29, 1.82) is 0 Å². The first kappa shape index (κ1) is 12.3. The van der Waals surface area contributed by atoms with Gasteiger partial charge in [-0.1, -0.05) is 43.7 Å². The van der Waals surface area contributed by atoms with Crippen molar-refractivity contribution < 1.29 is 0 Å². The largest absolute Gasteiger partial charge is 0.337 e. The molecular weight excluding hydrogens is 230 g/mol. The Morgan fingerprint density at radius 3 is 2.42 bits per heavy atom. The van der Waals surface area contributed by atoms with Gasteiger partial charge in [0, 0.05) is 12.1 Å². The highest BCUT2D eigenvalue weighted by Gasteiger charge is 2.34. The van der Waals surface area contributed by atoms with Crippen molar-refractivity contribution >= 4 is 11.4 Å². The van der Waals surface area contributed by atoms with E-state index in [0.717, 1.165) is 6.54 Å². The Morgan fingerprint density at radius 1 is 1.00 bits per heavy atom. The smallest absolute Gasteiger partial charge is 0.0735 e. The minimum atomic E-state index is 1.16. The number of nitrogens with zero attached hydrogens (tertiary/aromatic N) is 1. The summed E-state index contributed by atoms with van der Waals surface area (Å²) in [5.41, 5.74) is 8.52. The van der Waals surface area contributed by atoms with E-state index in [4.69, 9.17) is 0 Å². The molecule has 1 nitrogen and oxygen atoms in total. The Bertz CT molecular complexity index is 599. The van der Waals surface area contributed by atoms with Crippen LogP contribution in [0.4, 0.5) is 11.4 Å². The van der Waals surface area contributed by atoms with Gasteiger partial charge < -0.3 is 4.90 Å². The predicted octanol–water partition coefficient (Wildman–Crippen LogP) is 5.22. The van der Waals surface area contributed by atoms with Gasteiger partial charge in [0.15, 0.2) is 0 Å². The van der Waals surface area contributed by atoms with E-state index in [9.17, 15) is 0 Å². The van der Waals surface area contributed by atoms with Crippen LogP contribution in [-0.4, -0.2) is 6.54 Å². The van der Waals surface area contributed by atoms with Gasteiger partial charge in [-0.15, -0.1) is 0 Å². The van der Waals surface area contributed by atoms with E-state index in [1.54, 1.807) is 0 Å². The van der Waals surface area contributed by atoms with Crippen molar-refractivity contribution in [2.24, 2.45) is 0 Å². The van der Waals surface area contributed by atoms with Crippen LogP contribution in [-0.2, 0) is 0 Å². The molecule has 0 N–H and O–H groups in total. The summed E-state index contributed by atoms with van der Waals surface area (Å²) in [4.78, 5) is 2.49. The summed E-state index contributed by atoms with van der Waals surface area (Å²) in [5, 5.41) is 0. The lowest BCUT2D eigenvalue weighted by Crippen LogP contribution is -2.01. The first-order valence-electron chi connectivity index (χ1n) is 7.21. The molecule has 2 aromatic carbocycles. The molecule has 0 amide bonds. The Morgan fingerprint density at radius 2 is 1.74 bits per heavy atom. The first-order chi connectivity index (χ1) is 9.24. The van der Waals surface area contributed by atoms with Crippen molar-refractivity contribution in [3.05, 3.63) is 47.5 Å².